The van der Waals surface area contributed by atoms with Crippen molar-refractivity contribution in [3.05, 3.63) is 58.1 Å². The van der Waals surface area contributed by atoms with E-state index in [2.05, 4.69) is 4.98 Å². The molecule has 0 aliphatic carbocycles. The molecular weight excluding hydrogens is 384 g/mol. The van der Waals surface area contributed by atoms with Crippen molar-refractivity contribution in [2.45, 2.75) is 33.7 Å². The summed E-state index contributed by atoms with van der Waals surface area (Å²) < 4.78 is 16.1. The molecule has 2 heterocycles. The molecule has 2 aromatic heterocycles. The van der Waals surface area contributed by atoms with Gasteiger partial charge < -0.3 is 23.8 Å². The minimum absolute atomic E-state index is 0.163. The van der Waals surface area contributed by atoms with E-state index < -0.39 is 5.97 Å². The van der Waals surface area contributed by atoms with Crippen LogP contribution in [0.5, 0.6) is 0 Å². The first-order valence-electron chi connectivity index (χ1n) is 9.98. The SMILES string of the molecule is CCc1oc2ccccc2c1CN(C)C(=O)c1[nH]c(C)c(C(=O)OCCOC)c1C. The first kappa shape index (κ1) is 21.6. The highest BCUT2D eigenvalue weighted by Gasteiger charge is 2.26. The Morgan fingerprint density at radius 1 is 1.17 bits per heavy atom. The molecule has 0 unspecified atom stereocenters. The molecule has 0 saturated heterocycles. The molecule has 3 rings (SSSR count). The minimum Gasteiger partial charge on any atom is -0.461 e. The maximum absolute atomic E-state index is 13.2. The van der Waals surface area contributed by atoms with E-state index in [1.165, 1.54) is 0 Å². The van der Waals surface area contributed by atoms with Crippen molar-refractivity contribution >= 4 is 22.8 Å². The fraction of sp³-hybridized carbons (Fsp3) is 0.391. The van der Waals surface area contributed by atoms with Gasteiger partial charge >= 0.3 is 5.97 Å². The summed E-state index contributed by atoms with van der Waals surface area (Å²) in [6.45, 7) is 6.43. The number of furan rings is 1. The average molecular weight is 412 g/mol. The Labute approximate surface area is 175 Å². The van der Waals surface area contributed by atoms with Crippen LogP contribution in [0.4, 0.5) is 0 Å². The number of aromatic amines is 1. The number of amides is 1. The maximum atomic E-state index is 13.2. The predicted molar refractivity (Wildman–Crippen MR) is 114 cm³/mol. The highest BCUT2D eigenvalue weighted by molar-refractivity contribution is 6.00. The molecule has 1 aromatic carbocycles. The Kier molecular flexibility index (Phi) is 6.62. The van der Waals surface area contributed by atoms with Gasteiger partial charge in [0.25, 0.3) is 5.91 Å². The molecule has 0 saturated carbocycles. The number of para-hydroxylation sites is 1. The van der Waals surface area contributed by atoms with Crippen LogP contribution in [0.2, 0.25) is 0 Å². The van der Waals surface area contributed by atoms with Crippen LogP contribution < -0.4 is 0 Å². The Balaban J connectivity index is 1.84. The van der Waals surface area contributed by atoms with Crippen molar-refractivity contribution in [1.82, 2.24) is 9.88 Å². The molecule has 0 spiro atoms. The number of hydrogen-bond donors (Lipinski definition) is 1. The lowest BCUT2D eigenvalue weighted by Crippen LogP contribution is -2.27. The summed E-state index contributed by atoms with van der Waals surface area (Å²) in [6, 6.07) is 7.83. The number of H-pyrrole nitrogens is 1. The molecule has 3 aromatic rings. The lowest BCUT2D eigenvalue weighted by atomic mass is 10.1. The number of aryl methyl sites for hydroxylation is 2. The molecule has 0 fully saturated rings. The summed E-state index contributed by atoms with van der Waals surface area (Å²) in [5.41, 5.74) is 3.79. The van der Waals surface area contributed by atoms with Gasteiger partial charge in [0.1, 0.15) is 23.6 Å². The van der Waals surface area contributed by atoms with Gasteiger partial charge in [-0.1, -0.05) is 25.1 Å². The number of aromatic nitrogens is 1. The predicted octanol–water partition coefficient (Wildman–Crippen LogP) is 4.02. The molecule has 0 aliphatic heterocycles. The second kappa shape index (κ2) is 9.17. The molecular formula is C23H28N2O5. The third-order valence-electron chi connectivity index (χ3n) is 5.22. The molecule has 1 N–H and O–H groups in total. The maximum Gasteiger partial charge on any atom is 0.340 e. The van der Waals surface area contributed by atoms with E-state index >= 15 is 0 Å². The topological polar surface area (TPSA) is 84.8 Å². The monoisotopic (exact) mass is 412 g/mol. The smallest absolute Gasteiger partial charge is 0.340 e. The average Bonchev–Trinajstić information content (AvgIpc) is 3.24. The number of methoxy groups -OCH3 is 1. The normalized spacial score (nSPS) is 11.1. The van der Waals surface area contributed by atoms with Gasteiger partial charge in [0.2, 0.25) is 0 Å². The minimum atomic E-state index is -0.464. The number of fused-ring (bicyclic) bond motifs is 1. The summed E-state index contributed by atoms with van der Waals surface area (Å²) in [4.78, 5) is 30.3. The van der Waals surface area contributed by atoms with E-state index in [0.29, 0.717) is 35.7 Å². The largest absolute Gasteiger partial charge is 0.461 e. The van der Waals surface area contributed by atoms with E-state index in [9.17, 15) is 9.59 Å². The fourth-order valence-electron chi connectivity index (χ4n) is 3.67. The fourth-order valence-corrected chi connectivity index (χ4v) is 3.67. The third-order valence-corrected chi connectivity index (χ3v) is 5.22. The number of rotatable bonds is 8. The van der Waals surface area contributed by atoms with E-state index in [4.69, 9.17) is 13.9 Å². The molecule has 30 heavy (non-hydrogen) atoms. The first-order valence-corrected chi connectivity index (χ1v) is 9.98. The van der Waals surface area contributed by atoms with Gasteiger partial charge in [-0.15, -0.1) is 0 Å². The summed E-state index contributed by atoms with van der Waals surface area (Å²) in [5, 5.41) is 1.01. The zero-order chi connectivity index (χ0) is 21.8. The molecule has 0 radical (unpaired) electrons. The van der Waals surface area contributed by atoms with Gasteiger partial charge in [0, 0.05) is 43.8 Å². The highest BCUT2D eigenvalue weighted by atomic mass is 16.6. The van der Waals surface area contributed by atoms with Gasteiger partial charge in [0.05, 0.1) is 12.2 Å². The second-order valence-electron chi connectivity index (χ2n) is 7.27. The summed E-state index contributed by atoms with van der Waals surface area (Å²) in [7, 11) is 3.29. The molecule has 0 atom stereocenters. The van der Waals surface area contributed by atoms with Crippen LogP contribution in [0, 0.1) is 13.8 Å². The molecule has 7 heteroatoms. The van der Waals surface area contributed by atoms with E-state index in [1.54, 1.807) is 32.9 Å². The van der Waals surface area contributed by atoms with Gasteiger partial charge in [-0.25, -0.2) is 4.79 Å². The van der Waals surface area contributed by atoms with Crippen molar-refractivity contribution in [3.8, 4) is 0 Å². The Bertz CT molecular complexity index is 1060. The number of nitrogens with one attached hydrogen (secondary N) is 1. The number of carbonyl (C=O) groups is 2. The Morgan fingerprint density at radius 2 is 1.90 bits per heavy atom. The molecule has 1 amide bonds. The van der Waals surface area contributed by atoms with Crippen LogP contribution in [0.15, 0.2) is 28.7 Å². The molecule has 7 nitrogen and oxygen atoms in total. The number of ether oxygens (including phenoxy) is 2. The molecule has 160 valence electrons. The Hall–Kier alpha value is -3.06. The van der Waals surface area contributed by atoms with Crippen molar-refractivity contribution < 1.29 is 23.5 Å². The van der Waals surface area contributed by atoms with Crippen molar-refractivity contribution in [3.63, 3.8) is 0 Å². The van der Waals surface area contributed by atoms with Crippen LogP contribution in [0.25, 0.3) is 11.0 Å². The van der Waals surface area contributed by atoms with Crippen LogP contribution in [-0.4, -0.2) is 49.1 Å². The zero-order valence-corrected chi connectivity index (χ0v) is 18.1. The van der Waals surface area contributed by atoms with E-state index in [1.807, 2.05) is 31.2 Å². The summed E-state index contributed by atoms with van der Waals surface area (Å²) in [6.07, 6.45) is 0.740. The number of esters is 1. The summed E-state index contributed by atoms with van der Waals surface area (Å²) in [5.74, 6) is 0.214. The zero-order valence-electron chi connectivity index (χ0n) is 18.1. The van der Waals surface area contributed by atoms with Gasteiger partial charge in [-0.05, 0) is 25.5 Å². The number of nitrogens with zero attached hydrogens (tertiary/aromatic N) is 1. The van der Waals surface area contributed by atoms with Crippen LogP contribution >= 0.6 is 0 Å². The second-order valence-corrected chi connectivity index (χ2v) is 7.27. The number of benzene rings is 1. The molecule has 0 aliphatic rings. The van der Waals surface area contributed by atoms with Gasteiger partial charge in [-0.2, -0.15) is 0 Å². The van der Waals surface area contributed by atoms with Crippen LogP contribution in [-0.2, 0) is 22.4 Å². The molecule has 0 bridgehead atoms. The third kappa shape index (κ3) is 4.11. The standard InChI is InChI=1S/C23H28N2O5/c1-6-18-17(16-9-7-8-10-19(16)30-18)13-25(4)22(26)21-14(2)20(15(3)24-21)23(27)29-12-11-28-5/h7-10,24H,6,11-13H2,1-5H3. The highest BCUT2D eigenvalue weighted by Crippen LogP contribution is 2.28. The van der Waals surface area contributed by atoms with Crippen LogP contribution in [0.3, 0.4) is 0 Å². The van der Waals surface area contributed by atoms with Crippen molar-refractivity contribution in [2.24, 2.45) is 0 Å². The van der Waals surface area contributed by atoms with Crippen molar-refractivity contribution in [1.29, 1.82) is 0 Å². The van der Waals surface area contributed by atoms with E-state index in [0.717, 1.165) is 28.7 Å². The summed E-state index contributed by atoms with van der Waals surface area (Å²) >= 11 is 0. The van der Waals surface area contributed by atoms with Crippen molar-refractivity contribution in [2.75, 3.05) is 27.4 Å². The Morgan fingerprint density at radius 3 is 2.60 bits per heavy atom. The first-order chi connectivity index (χ1) is 14.4. The lowest BCUT2D eigenvalue weighted by molar-refractivity contribution is 0.0387. The van der Waals surface area contributed by atoms with Gasteiger partial charge in [-0.3, -0.25) is 4.79 Å². The van der Waals surface area contributed by atoms with E-state index in [-0.39, 0.29) is 12.5 Å². The lowest BCUT2D eigenvalue weighted by Gasteiger charge is -2.17. The number of carbonyl (C=O) groups excluding carboxylic acids is 2. The number of hydrogen-bond acceptors (Lipinski definition) is 5. The quantitative estimate of drug-likeness (QED) is 0.446. The van der Waals surface area contributed by atoms with Gasteiger partial charge in [0.15, 0.2) is 0 Å². The van der Waals surface area contributed by atoms with Crippen LogP contribution in [0.1, 0.15) is 50.4 Å².